The molecule has 4 heteroatoms. The van der Waals surface area contributed by atoms with Gasteiger partial charge in [0.15, 0.2) is 0 Å². The van der Waals surface area contributed by atoms with Crippen molar-refractivity contribution in [2.24, 2.45) is 11.1 Å². The van der Waals surface area contributed by atoms with Gasteiger partial charge in [-0.25, -0.2) is 0 Å². The molecule has 1 aliphatic carbocycles. The second kappa shape index (κ2) is 6.53. The SMILES string of the molecule is NCC1(C(=O)OCc2ccccc2Br)CCCCC1. The zero-order valence-corrected chi connectivity index (χ0v) is 12.6. The van der Waals surface area contributed by atoms with Crippen LogP contribution in [0.1, 0.15) is 37.7 Å². The average molecular weight is 326 g/mol. The third-order valence-corrected chi connectivity index (χ3v) is 4.72. The first-order valence-corrected chi connectivity index (χ1v) is 7.58. The van der Waals surface area contributed by atoms with E-state index in [2.05, 4.69) is 15.9 Å². The van der Waals surface area contributed by atoms with Gasteiger partial charge in [0.25, 0.3) is 0 Å². The lowest BCUT2D eigenvalue weighted by Crippen LogP contribution is -2.41. The number of ether oxygens (including phenoxy) is 1. The van der Waals surface area contributed by atoms with Crippen LogP contribution < -0.4 is 5.73 Å². The van der Waals surface area contributed by atoms with Crippen molar-refractivity contribution in [2.75, 3.05) is 6.54 Å². The molecule has 1 aliphatic rings. The summed E-state index contributed by atoms with van der Waals surface area (Å²) in [5, 5.41) is 0. The summed E-state index contributed by atoms with van der Waals surface area (Å²) >= 11 is 3.46. The van der Waals surface area contributed by atoms with Gasteiger partial charge in [-0.05, 0) is 18.9 Å². The Morgan fingerprint density at radius 2 is 1.95 bits per heavy atom. The first kappa shape index (κ1) is 14.5. The Balaban J connectivity index is 1.98. The summed E-state index contributed by atoms with van der Waals surface area (Å²) in [5.41, 5.74) is 6.37. The van der Waals surface area contributed by atoms with Crippen LogP contribution in [0.3, 0.4) is 0 Å². The van der Waals surface area contributed by atoms with E-state index in [9.17, 15) is 4.79 Å². The number of hydrogen-bond donors (Lipinski definition) is 1. The number of carbonyl (C=O) groups excluding carboxylic acids is 1. The quantitative estimate of drug-likeness (QED) is 0.863. The minimum Gasteiger partial charge on any atom is -0.460 e. The van der Waals surface area contributed by atoms with E-state index in [0.717, 1.165) is 35.7 Å². The maximum absolute atomic E-state index is 12.3. The van der Waals surface area contributed by atoms with Crippen molar-refractivity contribution in [3.8, 4) is 0 Å². The Kier molecular flexibility index (Phi) is 4.99. The van der Waals surface area contributed by atoms with Gasteiger partial charge in [0.1, 0.15) is 6.61 Å². The van der Waals surface area contributed by atoms with Crippen LogP contribution in [0.25, 0.3) is 0 Å². The smallest absolute Gasteiger partial charge is 0.313 e. The van der Waals surface area contributed by atoms with Gasteiger partial charge in [0, 0.05) is 16.6 Å². The maximum atomic E-state index is 12.3. The van der Waals surface area contributed by atoms with Crippen LogP contribution in [0, 0.1) is 5.41 Å². The number of esters is 1. The van der Waals surface area contributed by atoms with E-state index in [0.29, 0.717) is 13.2 Å². The molecule has 104 valence electrons. The Bertz CT molecular complexity index is 442. The molecule has 0 heterocycles. The molecule has 0 aromatic heterocycles. The monoisotopic (exact) mass is 325 g/mol. The standard InChI is InChI=1S/C15H20BrNO2/c16-13-7-3-2-6-12(13)10-19-14(18)15(11-17)8-4-1-5-9-15/h2-3,6-7H,1,4-5,8-11,17H2. The summed E-state index contributed by atoms with van der Waals surface area (Å²) in [5.74, 6) is -0.134. The van der Waals surface area contributed by atoms with Gasteiger partial charge in [0.05, 0.1) is 5.41 Å². The highest BCUT2D eigenvalue weighted by molar-refractivity contribution is 9.10. The molecule has 0 amide bonds. The fourth-order valence-electron chi connectivity index (χ4n) is 2.63. The van der Waals surface area contributed by atoms with E-state index in [1.54, 1.807) is 0 Å². The molecule has 2 N–H and O–H groups in total. The van der Waals surface area contributed by atoms with Gasteiger partial charge < -0.3 is 10.5 Å². The molecule has 0 bridgehead atoms. The van der Waals surface area contributed by atoms with E-state index in [4.69, 9.17) is 10.5 Å². The molecule has 0 unspecified atom stereocenters. The highest BCUT2D eigenvalue weighted by Gasteiger charge is 2.39. The molecule has 19 heavy (non-hydrogen) atoms. The number of hydrogen-bond acceptors (Lipinski definition) is 3. The van der Waals surface area contributed by atoms with Crippen LogP contribution in [0.15, 0.2) is 28.7 Å². The van der Waals surface area contributed by atoms with Crippen LogP contribution in [0.2, 0.25) is 0 Å². The first-order valence-electron chi connectivity index (χ1n) is 6.79. The number of carbonyl (C=O) groups is 1. The molecule has 1 fully saturated rings. The van der Waals surface area contributed by atoms with Gasteiger partial charge >= 0.3 is 5.97 Å². The van der Waals surface area contributed by atoms with Gasteiger partial charge in [-0.2, -0.15) is 0 Å². The molecular formula is C15H20BrNO2. The van der Waals surface area contributed by atoms with Crippen LogP contribution in [-0.4, -0.2) is 12.5 Å². The van der Waals surface area contributed by atoms with E-state index >= 15 is 0 Å². The predicted octanol–water partition coefficient (Wildman–Crippen LogP) is 3.40. The topological polar surface area (TPSA) is 52.3 Å². The van der Waals surface area contributed by atoms with Crippen LogP contribution in [0.4, 0.5) is 0 Å². The largest absolute Gasteiger partial charge is 0.460 e. The van der Waals surface area contributed by atoms with Crippen LogP contribution >= 0.6 is 15.9 Å². The molecule has 0 saturated heterocycles. The van der Waals surface area contributed by atoms with Crippen molar-refractivity contribution < 1.29 is 9.53 Å². The second-order valence-electron chi connectivity index (χ2n) is 5.21. The zero-order valence-electron chi connectivity index (χ0n) is 11.0. The lowest BCUT2D eigenvalue weighted by atomic mass is 9.74. The van der Waals surface area contributed by atoms with Crippen molar-refractivity contribution in [3.05, 3.63) is 34.3 Å². The molecule has 0 atom stereocenters. The van der Waals surface area contributed by atoms with Crippen LogP contribution in [-0.2, 0) is 16.1 Å². The van der Waals surface area contributed by atoms with E-state index in [1.807, 2.05) is 24.3 Å². The van der Waals surface area contributed by atoms with E-state index in [1.165, 1.54) is 6.42 Å². The number of benzene rings is 1. The summed E-state index contributed by atoms with van der Waals surface area (Å²) in [6.45, 7) is 0.698. The van der Waals surface area contributed by atoms with Crippen LogP contribution in [0.5, 0.6) is 0 Å². The van der Waals surface area contributed by atoms with Crippen molar-refractivity contribution in [1.82, 2.24) is 0 Å². The minimum atomic E-state index is -0.445. The highest BCUT2D eigenvalue weighted by atomic mass is 79.9. The van der Waals surface area contributed by atoms with Crippen molar-refractivity contribution in [3.63, 3.8) is 0 Å². The third-order valence-electron chi connectivity index (χ3n) is 3.95. The minimum absolute atomic E-state index is 0.134. The fraction of sp³-hybridized carbons (Fsp3) is 0.533. The third kappa shape index (κ3) is 3.37. The van der Waals surface area contributed by atoms with E-state index < -0.39 is 5.41 Å². The summed E-state index contributed by atoms with van der Waals surface area (Å²) in [6, 6.07) is 7.78. The lowest BCUT2D eigenvalue weighted by molar-refractivity contribution is -0.158. The highest BCUT2D eigenvalue weighted by Crippen LogP contribution is 2.36. The maximum Gasteiger partial charge on any atom is 0.313 e. The summed E-state index contributed by atoms with van der Waals surface area (Å²) in [7, 11) is 0. The fourth-order valence-corrected chi connectivity index (χ4v) is 3.03. The Hall–Kier alpha value is -0.870. The number of rotatable bonds is 4. The molecule has 1 aromatic rings. The molecular weight excluding hydrogens is 306 g/mol. The average Bonchev–Trinajstić information content (AvgIpc) is 2.46. The molecule has 1 saturated carbocycles. The van der Waals surface area contributed by atoms with Gasteiger partial charge in [-0.1, -0.05) is 53.4 Å². The molecule has 3 nitrogen and oxygen atoms in total. The van der Waals surface area contributed by atoms with Gasteiger partial charge in [0.2, 0.25) is 0 Å². The summed E-state index contributed by atoms with van der Waals surface area (Å²) in [6.07, 6.45) is 5.05. The Labute approximate surface area is 122 Å². The van der Waals surface area contributed by atoms with Crippen molar-refractivity contribution >= 4 is 21.9 Å². The lowest BCUT2D eigenvalue weighted by Gasteiger charge is -2.33. The van der Waals surface area contributed by atoms with E-state index in [-0.39, 0.29) is 5.97 Å². The Morgan fingerprint density at radius 1 is 1.26 bits per heavy atom. The molecule has 0 radical (unpaired) electrons. The number of halogens is 1. The molecule has 2 rings (SSSR count). The van der Waals surface area contributed by atoms with Crippen molar-refractivity contribution in [2.45, 2.75) is 38.7 Å². The summed E-state index contributed by atoms with van der Waals surface area (Å²) in [4.78, 5) is 12.3. The van der Waals surface area contributed by atoms with Crippen molar-refractivity contribution in [1.29, 1.82) is 0 Å². The molecule has 0 spiro atoms. The Morgan fingerprint density at radius 3 is 2.58 bits per heavy atom. The normalized spacial score (nSPS) is 18.0. The predicted molar refractivity (Wildman–Crippen MR) is 78.5 cm³/mol. The molecule has 1 aromatic carbocycles. The first-order chi connectivity index (χ1) is 9.18. The number of nitrogens with two attached hydrogens (primary N) is 1. The second-order valence-corrected chi connectivity index (χ2v) is 6.07. The van der Waals surface area contributed by atoms with Gasteiger partial charge in [-0.3, -0.25) is 4.79 Å². The van der Waals surface area contributed by atoms with Gasteiger partial charge in [-0.15, -0.1) is 0 Å². The zero-order chi connectivity index (χ0) is 13.7. The summed E-state index contributed by atoms with van der Waals surface area (Å²) < 4.78 is 6.46. The molecule has 0 aliphatic heterocycles.